The minimum atomic E-state index is 0.527. The van der Waals surface area contributed by atoms with Gasteiger partial charge in [-0.25, -0.2) is 0 Å². The van der Waals surface area contributed by atoms with Gasteiger partial charge < -0.3 is 0 Å². The highest BCUT2D eigenvalue weighted by molar-refractivity contribution is 6.21. The Morgan fingerprint density at radius 1 is 0.923 bits per heavy atom. The topological polar surface area (TPSA) is 0 Å². The summed E-state index contributed by atoms with van der Waals surface area (Å²) in [5.41, 5.74) is 0. The van der Waals surface area contributed by atoms with Crippen LogP contribution >= 0.6 is 11.6 Å². The van der Waals surface area contributed by atoms with Gasteiger partial charge in [0.2, 0.25) is 0 Å². The van der Waals surface area contributed by atoms with E-state index < -0.39 is 0 Å². The molecule has 0 aromatic carbocycles. The molecule has 4 aliphatic rings. The predicted octanol–water partition coefficient (Wildman–Crippen LogP) is 3.07. The molecule has 3 saturated carbocycles. The maximum Gasteiger partial charge on any atom is 0.0370 e. The van der Waals surface area contributed by atoms with E-state index in [1.165, 1.54) is 19.3 Å². The van der Waals surface area contributed by atoms with Gasteiger partial charge in [-0.2, -0.15) is 0 Å². The van der Waals surface area contributed by atoms with Gasteiger partial charge in [-0.1, -0.05) is 12.2 Å². The molecule has 70 valence electrons. The van der Waals surface area contributed by atoms with Gasteiger partial charge in [0, 0.05) is 5.38 Å². The minimum Gasteiger partial charge on any atom is -0.123 e. The summed E-state index contributed by atoms with van der Waals surface area (Å²) in [5, 5.41) is 0.527. The first-order chi connectivity index (χ1) is 6.34. The molecular formula is C12H15Cl. The Kier molecular flexibility index (Phi) is 1.22. The number of allylic oxidation sites excluding steroid dienone is 2. The molecular weight excluding hydrogens is 180 g/mol. The lowest BCUT2D eigenvalue weighted by Gasteiger charge is -2.34. The minimum absolute atomic E-state index is 0.527. The molecule has 0 nitrogen and oxygen atoms in total. The third-order valence-electron chi connectivity index (χ3n) is 5.19. The Bertz CT molecular complexity index is 283. The SMILES string of the molecule is Cl[C@@H]1C[C@@H]2C[C@H]1C1C2[C@H]2C=C[C@@H]1C2. The Morgan fingerprint density at radius 3 is 2.54 bits per heavy atom. The van der Waals surface area contributed by atoms with Gasteiger partial charge in [0.25, 0.3) is 0 Å². The van der Waals surface area contributed by atoms with Crippen molar-refractivity contribution in [2.45, 2.75) is 24.6 Å². The molecule has 0 aromatic rings. The molecule has 0 saturated heterocycles. The van der Waals surface area contributed by atoms with Crippen molar-refractivity contribution < 1.29 is 0 Å². The zero-order valence-electron chi connectivity index (χ0n) is 7.70. The van der Waals surface area contributed by atoms with Crippen molar-refractivity contribution in [1.29, 1.82) is 0 Å². The molecule has 0 N–H and O–H groups in total. The Morgan fingerprint density at radius 2 is 1.69 bits per heavy atom. The van der Waals surface area contributed by atoms with Gasteiger partial charge in [-0.15, -0.1) is 11.6 Å². The van der Waals surface area contributed by atoms with Crippen LogP contribution in [0.5, 0.6) is 0 Å². The summed E-state index contributed by atoms with van der Waals surface area (Å²) in [6.07, 6.45) is 9.22. The van der Waals surface area contributed by atoms with E-state index >= 15 is 0 Å². The van der Waals surface area contributed by atoms with Gasteiger partial charge in [0.05, 0.1) is 0 Å². The van der Waals surface area contributed by atoms with Crippen LogP contribution in [-0.2, 0) is 0 Å². The molecule has 7 atom stereocenters. The van der Waals surface area contributed by atoms with Crippen LogP contribution < -0.4 is 0 Å². The average molecular weight is 195 g/mol. The third kappa shape index (κ3) is 0.719. The van der Waals surface area contributed by atoms with Crippen LogP contribution in [0.15, 0.2) is 12.2 Å². The van der Waals surface area contributed by atoms with Crippen molar-refractivity contribution in [2.24, 2.45) is 35.5 Å². The van der Waals surface area contributed by atoms with E-state index in [0.29, 0.717) is 5.38 Å². The summed E-state index contributed by atoms with van der Waals surface area (Å²) < 4.78 is 0. The molecule has 13 heavy (non-hydrogen) atoms. The standard InChI is InChI=1S/C12H15Cl/c13-10-5-8-4-9(10)12-7-2-1-6(3-7)11(8)12/h1-2,6-12H,3-5H2/t6-,7+,8-,9+,10+,11?,12?/m0/s1. The molecule has 0 aliphatic heterocycles. The van der Waals surface area contributed by atoms with E-state index in [2.05, 4.69) is 12.2 Å². The van der Waals surface area contributed by atoms with E-state index in [-0.39, 0.29) is 0 Å². The summed E-state index contributed by atoms with van der Waals surface area (Å²) >= 11 is 6.39. The van der Waals surface area contributed by atoms with Gasteiger partial charge in [-0.3, -0.25) is 0 Å². The first kappa shape index (κ1) is 7.34. The van der Waals surface area contributed by atoms with Gasteiger partial charge >= 0.3 is 0 Å². The number of fused-ring (bicyclic) bond motifs is 9. The van der Waals surface area contributed by atoms with E-state index in [0.717, 1.165) is 35.5 Å². The van der Waals surface area contributed by atoms with E-state index in [1.54, 1.807) is 0 Å². The molecule has 0 spiro atoms. The molecule has 4 bridgehead atoms. The molecule has 1 heteroatoms. The first-order valence-corrected chi connectivity index (χ1v) is 6.10. The number of halogens is 1. The maximum absolute atomic E-state index is 6.39. The second-order valence-corrected chi connectivity index (χ2v) is 6.07. The van der Waals surface area contributed by atoms with Crippen molar-refractivity contribution in [1.82, 2.24) is 0 Å². The van der Waals surface area contributed by atoms with Crippen molar-refractivity contribution >= 4 is 11.6 Å². The van der Waals surface area contributed by atoms with Crippen LogP contribution in [0.1, 0.15) is 19.3 Å². The summed E-state index contributed by atoms with van der Waals surface area (Å²) in [7, 11) is 0. The molecule has 0 heterocycles. The first-order valence-electron chi connectivity index (χ1n) is 5.67. The Labute approximate surface area is 84.3 Å². The van der Waals surface area contributed by atoms with Crippen molar-refractivity contribution in [3.63, 3.8) is 0 Å². The van der Waals surface area contributed by atoms with Crippen LogP contribution in [0, 0.1) is 35.5 Å². The maximum atomic E-state index is 6.39. The fourth-order valence-corrected chi connectivity index (χ4v) is 5.44. The second kappa shape index (κ2) is 2.16. The van der Waals surface area contributed by atoms with E-state index in [4.69, 9.17) is 11.6 Å². The van der Waals surface area contributed by atoms with E-state index in [9.17, 15) is 0 Å². The Hall–Kier alpha value is 0.0300. The van der Waals surface area contributed by atoms with Crippen LogP contribution in [0.25, 0.3) is 0 Å². The smallest absolute Gasteiger partial charge is 0.0370 e. The van der Waals surface area contributed by atoms with E-state index in [1.807, 2.05) is 0 Å². The lowest BCUT2D eigenvalue weighted by molar-refractivity contribution is 0.209. The quantitative estimate of drug-likeness (QED) is 0.316. The zero-order chi connectivity index (χ0) is 8.58. The zero-order valence-corrected chi connectivity index (χ0v) is 8.45. The largest absolute Gasteiger partial charge is 0.123 e. The summed E-state index contributed by atoms with van der Waals surface area (Å²) in [6.45, 7) is 0. The summed E-state index contributed by atoms with van der Waals surface area (Å²) in [5.74, 6) is 5.81. The molecule has 0 aromatic heterocycles. The number of rotatable bonds is 0. The highest BCUT2D eigenvalue weighted by Crippen LogP contribution is 2.66. The van der Waals surface area contributed by atoms with Crippen LogP contribution in [0.2, 0.25) is 0 Å². The fourth-order valence-electron chi connectivity index (χ4n) is 4.94. The monoisotopic (exact) mass is 194 g/mol. The normalized spacial score (nSPS) is 66.4. The Balaban J connectivity index is 1.79. The van der Waals surface area contributed by atoms with Gasteiger partial charge in [0.1, 0.15) is 0 Å². The number of hydrogen-bond acceptors (Lipinski definition) is 0. The van der Waals surface area contributed by atoms with Crippen molar-refractivity contribution in [3.05, 3.63) is 12.2 Å². The predicted molar refractivity (Wildman–Crippen MR) is 53.6 cm³/mol. The van der Waals surface area contributed by atoms with Crippen molar-refractivity contribution in [3.8, 4) is 0 Å². The van der Waals surface area contributed by atoms with Gasteiger partial charge in [0.15, 0.2) is 0 Å². The summed E-state index contributed by atoms with van der Waals surface area (Å²) in [4.78, 5) is 0. The molecule has 2 unspecified atom stereocenters. The number of hydrogen-bond donors (Lipinski definition) is 0. The average Bonchev–Trinajstić information content (AvgIpc) is 2.78. The summed E-state index contributed by atoms with van der Waals surface area (Å²) in [6, 6.07) is 0. The lowest BCUT2D eigenvalue weighted by atomic mass is 9.73. The second-order valence-electron chi connectivity index (χ2n) is 5.51. The lowest BCUT2D eigenvalue weighted by Crippen LogP contribution is -2.31. The van der Waals surface area contributed by atoms with Crippen LogP contribution in [-0.4, -0.2) is 5.38 Å². The molecule has 0 radical (unpaired) electrons. The molecule has 0 amide bonds. The number of alkyl halides is 1. The van der Waals surface area contributed by atoms with Crippen LogP contribution in [0.3, 0.4) is 0 Å². The van der Waals surface area contributed by atoms with Crippen LogP contribution in [0.4, 0.5) is 0 Å². The third-order valence-corrected chi connectivity index (χ3v) is 5.69. The molecule has 4 aliphatic carbocycles. The fraction of sp³-hybridized carbons (Fsp3) is 0.833. The molecule has 3 fully saturated rings. The van der Waals surface area contributed by atoms with Crippen molar-refractivity contribution in [2.75, 3.05) is 0 Å². The van der Waals surface area contributed by atoms with Gasteiger partial charge in [-0.05, 0) is 54.8 Å². The molecule has 4 rings (SSSR count). The highest BCUT2D eigenvalue weighted by atomic mass is 35.5. The highest BCUT2D eigenvalue weighted by Gasteiger charge is 2.60.